The van der Waals surface area contributed by atoms with E-state index in [0.717, 1.165) is 11.1 Å². The molecule has 0 aliphatic heterocycles. The summed E-state index contributed by atoms with van der Waals surface area (Å²) in [6.45, 7) is 11.6. The van der Waals surface area contributed by atoms with Gasteiger partial charge in [0.2, 0.25) is 0 Å². The van der Waals surface area contributed by atoms with Gasteiger partial charge in [-0.1, -0.05) is 26.8 Å². The molecule has 1 aromatic heterocycles. The Bertz CT molecular complexity index is 583. The minimum absolute atomic E-state index is 0.182. The van der Waals surface area contributed by atoms with Gasteiger partial charge in [0, 0.05) is 17.1 Å². The van der Waals surface area contributed by atoms with Crippen LogP contribution in [0, 0.1) is 5.82 Å². The molecule has 0 saturated heterocycles. The lowest BCUT2D eigenvalue weighted by Gasteiger charge is -2.36. The van der Waals surface area contributed by atoms with Crippen molar-refractivity contribution >= 4 is 19.2 Å². The largest absolute Gasteiger partial charge is 0.412 e. The standard InChI is InChI=1S/C15H22FNOSi/c1-15(2,3)19(4,5)18-10-11-6-7-13(16)12-8-9-17-14(11)12/h6-9,17H,10H2,1-5H3. The van der Waals surface area contributed by atoms with E-state index in [4.69, 9.17) is 4.43 Å². The number of fused-ring (bicyclic) bond motifs is 1. The SMILES string of the molecule is CC(C)(C)[Si](C)(C)OCc1ccc(F)c2cc[nH]c12. The summed E-state index contributed by atoms with van der Waals surface area (Å²) in [4.78, 5) is 3.10. The predicted octanol–water partition coefficient (Wildman–Crippen LogP) is 4.83. The second kappa shape index (κ2) is 4.76. The average Bonchev–Trinajstić information content (AvgIpc) is 2.76. The zero-order valence-electron chi connectivity index (χ0n) is 12.3. The summed E-state index contributed by atoms with van der Waals surface area (Å²) in [6.07, 6.45) is 1.77. The molecule has 0 amide bonds. The summed E-state index contributed by atoms with van der Waals surface area (Å²) in [7, 11) is -1.78. The van der Waals surface area contributed by atoms with Gasteiger partial charge in [-0.25, -0.2) is 4.39 Å². The summed E-state index contributed by atoms with van der Waals surface area (Å²) in [5.41, 5.74) is 1.87. The van der Waals surface area contributed by atoms with Gasteiger partial charge in [-0.15, -0.1) is 0 Å². The molecule has 1 aromatic carbocycles. The molecule has 0 aliphatic rings. The molecule has 0 atom stereocenters. The van der Waals surface area contributed by atoms with Crippen molar-refractivity contribution in [3.8, 4) is 0 Å². The van der Waals surface area contributed by atoms with Crippen LogP contribution in [0.4, 0.5) is 4.39 Å². The maximum absolute atomic E-state index is 13.6. The van der Waals surface area contributed by atoms with E-state index in [1.165, 1.54) is 6.07 Å². The maximum Gasteiger partial charge on any atom is 0.192 e. The topological polar surface area (TPSA) is 25.0 Å². The number of nitrogens with one attached hydrogen (secondary N) is 1. The van der Waals surface area contributed by atoms with Crippen LogP contribution in [0.1, 0.15) is 26.3 Å². The van der Waals surface area contributed by atoms with Gasteiger partial charge < -0.3 is 9.41 Å². The molecule has 0 unspecified atom stereocenters. The third-order valence-electron chi connectivity index (χ3n) is 4.15. The zero-order valence-corrected chi connectivity index (χ0v) is 13.3. The molecule has 0 fully saturated rings. The zero-order chi connectivity index (χ0) is 14.3. The van der Waals surface area contributed by atoms with Crippen LogP contribution in [0.25, 0.3) is 10.9 Å². The molecule has 0 spiro atoms. The van der Waals surface area contributed by atoms with Gasteiger partial charge in [0.15, 0.2) is 8.32 Å². The number of rotatable bonds is 3. The first-order valence-corrected chi connectivity index (χ1v) is 9.51. The quantitative estimate of drug-likeness (QED) is 0.800. The first kappa shape index (κ1) is 14.3. The van der Waals surface area contributed by atoms with Gasteiger partial charge in [0.25, 0.3) is 0 Å². The summed E-state index contributed by atoms with van der Waals surface area (Å²) in [5, 5.41) is 0.818. The van der Waals surface area contributed by atoms with Crippen LogP contribution < -0.4 is 0 Å². The molecule has 4 heteroatoms. The highest BCUT2D eigenvalue weighted by atomic mass is 28.4. The normalized spacial score (nSPS) is 13.2. The van der Waals surface area contributed by atoms with Crippen molar-refractivity contribution in [1.82, 2.24) is 4.98 Å². The van der Waals surface area contributed by atoms with Gasteiger partial charge >= 0.3 is 0 Å². The van der Waals surface area contributed by atoms with Crippen molar-refractivity contribution in [1.29, 1.82) is 0 Å². The fraction of sp³-hybridized carbons (Fsp3) is 0.467. The predicted molar refractivity (Wildman–Crippen MR) is 80.2 cm³/mol. The molecule has 2 aromatic rings. The molecule has 2 nitrogen and oxygen atoms in total. The second-order valence-corrected chi connectivity index (χ2v) is 11.3. The first-order valence-electron chi connectivity index (χ1n) is 6.61. The number of H-pyrrole nitrogens is 1. The Morgan fingerprint density at radius 2 is 1.89 bits per heavy atom. The van der Waals surface area contributed by atoms with Gasteiger partial charge in [0.1, 0.15) is 5.82 Å². The van der Waals surface area contributed by atoms with Crippen LogP contribution in [-0.2, 0) is 11.0 Å². The van der Waals surface area contributed by atoms with E-state index in [1.807, 2.05) is 0 Å². The lowest BCUT2D eigenvalue weighted by Crippen LogP contribution is -2.40. The fourth-order valence-electron chi connectivity index (χ4n) is 1.78. The van der Waals surface area contributed by atoms with Crippen molar-refractivity contribution in [2.24, 2.45) is 0 Å². The summed E-state index contributed by atoms with van der Waals surface area (Å²) in [6, 6.07) is 5.09. The molecule has 19 heavy (non-hydrogen) atoms. The van der Waals surface area contributed by atoms with Crippen LogP contribution in [-0.4, -0.2) is 13.3 Å². The number of aromatic amines is 1. The van der Waals surface area contributed by atoms with Crippen LogP contribution in [0.3, 0.4) is 0 Å². The molecule has 104 valence electrons. The van der Waals surface area contributed by atoms with Crippen molar-refractivity contribution in [3.05, 3.63) is 35.8 Å². The van der Waals surface area contributed by atoms with E-state index in [2.05, 4.69) is 38.8 Å². The first-order chi connectivity index (χ1) is 8.72. The number of hydrogen-bond donors (Lipinski definition) is 1. The Morgan fingerprint density at radius 1 is 1.21 bits per heavy atom. The Balaban J connectivity index is 2.24. The van der Waals surface area contributed by atoms with E-state index < -0.39 is 8.32 Å². The molecule has 1 N–H and O–H groups in total. The smallest absolute Gasteiger partial charge is 0.192 e. The Morgan fingerprint density at radius 3 is 2.53 bits per heavy atom. The maximum atomic E-state index is 13.6. The van der Waals surface area contributed by atoms with E-state index in [9.17, 15) is 4.39 Å². The summed E-state index contributed by atoms with van der Waals surface area (Å²) in [5.74, 6) is -0.188. The lowest BCUT2D eigenvalue weighted by molar-refractivity contribution is 0.277. The van der Waals surface area contributed by atoms with Crippen molar-refractivity contribution in [2.75, 3.05) is 0 Å². The molecular formula is C15H22FNOSi. The fourth-order valence-corrected chi connectivity index (χ4v) is 2.73. The van der Waals surface area contributed by atoms with Gasteiger partial charge in [-0.05, 0) is 30.3 Å². The van der Waals surface area contributed by atoms with Crippen molar-refractivity contribution in [2.45, 2.75) is 45.5 Å². The Kier molecular flexibility index (Phi) is 3.58. The highest BCUT2D eigenvalue weighted by molar-refractivity contribution is 6.74. The molecular weight excluding hydrogens is 257 g/mol. The van der Waals surface area contributed by atoms with Crippen molar-refractivity contribution < 1.29 is 8.82 Å². The van der Waals surface area contributed by atoms with E-state index >= 15 is 0 Å². The minimum Gasteiger partial charge on any atom is -0.412 e. The van der Waals surface area contributed by atoms with E-state index in [-0.39, 0.29) is 10.9 Å². The monoisotopic (exact) mass is 279 g/mol. The number of hydrogen-bond acceptors (Lipinski definition) is 1. The second-order valence-electron chi connectivity index (χ2n) is 6.52. The molecule has 0 aliphatic carbocycles. The number of aromatic nitrogens is 1. The summed E-state index contributed by atoms with van der Waals surface area (Å²) < 4.78 is 19.8. The highest BCUT2D eigenvalue weighted by Crippen LogP contribution is 2.37. The van der Waals surface area contributed by atoms with Crippen LogP contribution >= 0.6 is 0 Å². The van der Waals surface area contributed by atoms with Crippen LogP contribution in [0.15, 0.2) is 24.4 Å². The number of benzene rings is 1. The van der Waals surface area contributed by atoms with E-state index in [1.54, 1.807) is 18.3 Å². The molecule has 0 radical (unpaired) electrons. The number of halogens is 1. The Hall–Kier alpha value is -1.13. The molecule has 1 heterocycles. The summed E-state index contributed by atoms with van der Waals surface area (Å²) >= 11 is 0. The highest BCUT2D eigenvalue weighted by Gasteiger charge is 2.37. The van der Waals surface area contributed by atoms with Crippen LogP contribution in [0.2, 0.25) is 18.1 Å². The van der Waals surface area contributed by atoms with Gasteiger partial charge in [-0.2, -0.15) is 0 Å². The average molecular weight is 279 g/mol. The molecule has 0 saturated carbocycles. The molecule has 2 rings (SSSR count). The van der Waals surface area contributed by atoms with Crippen LogP contribution in [0.5, 0.6) is 0 Å². The van der Waals surface area contributed by atoms with E-state index in [0.29, 0.717) is 12.0 Å². The third kappa shape index (κ3) is 2.74. The Labute approximate surface area is 115 Å². The minimum atomic E-state index is -1.78. The van der Waals surface area contributed by atoms with Crippen molar-refractivity contribution in [3.63, 3.8) is 0 Å². The van der Waals surface area contributed by atoms with Gasteiger partial charge in [-0.3, -0.25) is 0 Å². The molecule has 0 bridgehead atoms. The van der Waals surface area contributed by atoms with Gasteiger partial charge in [0.05, 0.1) is 12.1 Å². The lowest BCUT2D eigenvalue weighted by atomic mass is 10.1. The third-order valence-corrected chi connectivity index (χ3v) is 8.63.